The van der Waals surface area contributed by atoms with Crippen molar-refractivity contribution in [3.8, 4) is 0 Å². The van der Waals surface area contributed by atoms with Crippen LogP contribution in [0.3, 0.4) is 0 Å². The van der Waals surface area contributed by atoms with Crippen LogP contribution in [0.5, 0.6) is 0 Å². The molecule has 2 aromatic rings. The van der Waals surface area contributed by atoms with Crippen molar-refractivity contribution in [3.05, 3.63) is 63.7 Å². The number of methoxy groups -OCH3 is 1. The Hall–Kier alpha value is -3.56. The summed E-state index contributed by atoms with van der Waals surface area (Å²) in [5, 5.41) is 13.9. The van der Waals surface area contributed by atoms with Gasteiger partial charge < -0.3 is 15.0 Å². The zero-order valence-electron chi connectivity index (χ0n) is 14.6. The van der Waals surface area contributed by atoms with Gasteiger partial charge in [-0.15, -0.1) is 0 Å². The minimum absolute atomic E-state index is 0.0885. The van der Waals surface area contributed by atoms with E-state index in [1.54, 1.807) is 0 Å². The Morgan fingerprint density at radius 3 is 2.57 bits per heavy atom. The largest absolute Gasteiger partial charge is 0.465 e. The van der Waals surface area contributed by atoms with Crippen molar-refractivity contribution < 1.29 is 28.0 Å². The van der Waals surface area contributed by atoms with Gasteiger partial charge in [0.2, 0.25) is 5.91 Å². The first-order valence-corrected chi connectivity index (χ1v) is 8.22. The Labute approximate surface area is 157 Å². The fourth-order valence-electron chi connectivity index (χ4n) is 3.04. The van der Waals surface area contributed by atoms with Crippen LogP contribution < -0.4 is 10.2 Å². The van der Waals surface area contributed by atoms with Gasteiger partial charge in [-0.25, -0.2) is 13.6 Å². The minimum atomic E-state index is -0.900. The van der Waals surface area contributed by atoms with Gasteiger partial charge in [0, 0.05) is 18.3 Å². The number of nitro benzene ring substituents is 1. The number of halogens is 2. The van der Waals surface area contributed by atoms with Crippen molar-refractivity contribution in [1.29, 1.82) is 0 Å². The highest BCUT2D eigenvalue weighted by Crippen LogP contribution is 2.30. The number of hydrogen-bond acceptors (Lipinski definition) is 6. The lowest BCUT2D eigenvalue weighted by atomic mass is 10.1. The number of benzene rings is 2. The van der Waals surface area contributed by atoms with Crippen LogP contribution in [0.2, 0.25) is 0 Å². The number of nitro groups is 1. The number of esters is 1. The molecular weight excluding hydrogens is 376 g/mol. The Bertz CT molecular complexity index is 946. The standard InChI is InChI=1S/C18H15F2N3O5/c1-28-18(25)11-9-10(5-6-15(11)23(26)27)21-14-7-8-22(17(14)24)16-12(19)3-2-4-13(16)20/h2-6,9,14,21H,7-8H2,1H3. The van der Waals surface area contributed by atoms with E-state index in [1.807, 2.05) is 0 Å². The first-order valence-electron chi connectivity index (χ1n) is 8.22. The van der Waals surface area contributed by atoms with Crippen LogP contribution in [-0.4, -0.2) is 36.5 Å². The molecule has 1 saturated heterocycles. The highest BCUT2D eigenvalue weighted by atomic mass is 19.1. The van der Waals surface area contributed by atoms with Crippen LogP contribution in [0.15, 0.2) is 36.4 Å². The molecule has 2 aromatic carbocycles. The maximum atomic E-state index is 14.0. The minimum Gasteiger partial charge on any atom is -0.465 e. The number of nitrogens with zero attached hydrogens (tertiary/aromatic N) is 2. The number of carbonyl (C=O) groups excluding carboxylic acids is 2. The van der Waals surface area contributed by atoms with Gasteiger partial charge in [0.25, 0.3) is 5.69 Å². The summed E-state index contributed by atoms with van der Waals surface area (Å²) in [7, 11) is 1.09. The molecule has 1 atom stereocenters. The van der Waals surface area contributed by atoms with E-state index < -0.39 is 45.9 Å². The van der Waals surface area contributed by atoms with Crippen LogP contribution in [0.25, 0.3) is 0 Å². The van der Waals surface area contributed by atoms with Gasteiger partial charge in [0.05, 0.1) is 12.0 Å². The zero-order valence-corrected chi connectivity index (χ0v) is 14.6. The lowest BCUT2D eigenvalue weighted by Gasteiger charge is -2.19. The highest BCUT2D eigenvalue weighted by Gasteiger charge is 2.35. The Morgan fingerprint density at radius 2 is 1.96 bits per heavy atom. The fourth-order valence-corrected chi connectivity index (χ4v) is 3.04. The van der Waals surface area contributed by atoms with Crippen LogP contribution in [0.4, 0.5) is 25.8 Å². The van der Waals surface area contributed by atoms with E-state index in [-0.39, 0.29) is 24.2 Å². The predicted molar refractivity (Wildman–Crippen MR) is 95.2 cm³/mol. The van der Waals surface area contributed by atoms with Crippen molar-refractivity contribution in [2.45, 2.75) is 12.5 Å². The summed E-state index contributed by atoms with van der Waals surface area (Å²) in [5.41, 5.74) is -0.874. The average molecular weight is 391 g/mol. The number of para-hydroxylation sites is 1. The van der Waals surface area contributed by atoms with E-state index in [1.165, 1.54) is 18.2 Å². The third kappa shape index (κ3) is 3.48. The molecule has 0 saturated carbocycles. The van der Waals surface area contributed by atoms with Crippen molar-refractivity contribution in [2.75, 3.05) is 23.9 Å². The monoisotopic (exact) mass is 391 g/mol. The molecule has 0 radical (unpaired) electrons. The Kier molecular flexibility index (Phi) is 5.21. The molecule has 8 nitrogen and oxygen atoms in total. The quantitative estimate of drug-likeness (QED) is 0.478. The molecule has 1 fully saturated rings. The molecule has 28 heavy (non-hydrogen) atoms. The van der Waals surface area contributed by atoms with E-state index >= 15 is 0 Å². The first-order chi connectivity index (χ1) is 13.3. The second-order valence-corrected chi connectivity index (χ2v) is 6.03. The van der Waals surface area contributed by atoms with Crippen molar-refractivity contribution in [2.24, 2.45) is 0 Å². The van der Waals surface area contributed by atoms with Gasteiger partial charge in [-0.1, -0.05) is 6.07 Å². The topological polar surface area (TPSA) is 102 Å². The first kappa shape index (κ1) is 19.2. The molecule has 1 amide bonds. The SMILES string of the molecule is COC(=O)c1cc(NC2CCN(c3c(F)cccc3F)C2=O)ccc1[N+](=O)[O-]. The Morgan fingerprint density at radius 1 is 1.29 bits per heavy atom. The molecule has 0 aromatic heterocycles. The number of ether oxygens (including phenoxy) is 1. The lowest BCUT2D eigenvalue weighted by molar-refractivity contribution is -0.385. The van der Waals surface area contributed by atoms with Crippen LogP contribution in [-0.2, 0) is 9.53 Å². The number of anilines is 2. The molecule has 1 heterocycles. The number of nitrogens with one attached hydrogen (secondary N) is 1. The molecule has 1 N–H and O–H groups in total. The van der Waals surface area contributed by atoms with Crippen LogP contribution in [0, 0.1) is 21.7 Å². The normalized spacial score (nSPS) is 16.2. The summed E-state index contributed by atoms with van der Waals surface area (Å²) in [6.45, 7) is 0.0885. The van der Waals surface area contributed by atoms with E-state index in [0.29, 0.717) is 0 Å². The molecule has 146 valence electrons. The fraction of sp³-hybridized carbons (Fsp3) is 0.222. The van der Waals surface area contributed by atoms with Gasteiger partial charge >= 0.3 is 5.97 Å². The molecule has 0 bridgehead atoms. The molecular formula is C18H15F2N3O5. The second-order valence-electron chi connectivity index (χ2n) is 6.03. The van der Waals surface area contributed by atoms with Gasteiger partial charge in [0.1, 0.15) is 28.9 Å². The van der Waals surface area contributed by atoms with Crippen molar-refractivity contribution in [1.82, 2.24) is 0 Å². The number of rotatable bonds is 5. The third-order valence-electron chi connectivity index (χ3n) is 4.35. The maximum absolute atomic E-state index is 14.0. The molecule has 10 heteroatoms. The number of amides is 1. The van der Waals surface area contributed by atoms with Crippen LogP contribution >= 0.6 is 0 Å². The molecule has 1 aliphatic heterocycles. The van der Waals surface area contributed by atoms with E-state index in [4.69, 9.17) is 0 Å². The van der Waals surface area contributed by atoms with Crippen molar-refractivity contribution >= 4 is 28.9 Å². The van der Waals surface area contributed by atoms with Gasteiger partial charge in [-0.2, -0.15) is 0 Å². The average Bonchev–Trinajstić information content (AvgIpc) is 3.01. The lowest BCUT2D eigenvalue weighted by Crippen LogP contribution is -2.34. The van der Waals surface area contributed by atoms with E-state index in [0.717, 1.165) is 30.2 Å². The highest BCUT2D eigenvalue weighted by molar-refractivity contribution is 6.01. The summed E-state index contributed by atoms with van der Waals surface area (Å²) in [6, 6.07) is 6.16. The predicted octanol–water partition coefficient (Wildman–Crippen LogP) is 2.88. The van der Waals surface area contributed by atoms with E-state index in [9.17, 15) is 28.5 Å². The molecule has 0 aliphatic carbocycles. The van der Waals surface area contributed by atoms with Crippen molar-refractivity contribution in [3.63, 3.8) is 0 Å². The summed E-state index contributed by atoms with van der Waals surface area (Å²) in [4.78, 5) is 35.7. The molecule has 1 aliphatic rings. The maximum Gasteiger partial charge on any atom is 0.344 e. The van der Waals surface area contributed by atoms with Gasteiger partial charge in [-0.3, -0.25) is 14.9 Å². The summed E-state index contributed by atoms with van der Waals surface area (Å²) >= 11 is 0. The summed E-state index contributed by atoms with van der Waals surface area (Å²) in [5.74, 6) is -3.15. The van der Waals surface area contributed by atoms with Gasteiger partial charge in [0.15, 0.2) is 0 Å². The van der Waals surface area contributed by atoms with Gasteiger partial charge in [-0.05, 0) is 30.7 Å². The number of hydrogen-bond donors (Lipinski definition) is 1. The second kappa shape index (κ2) is 7.59. The van der Waals surface area contributed by atoms with Crippen LogP contribution in [0.1, 0.15) is 16.8 Å². The molecule has 1 unspecified atom stereocenters. The summed E-state index contributed by atoms with van der Waals surface area (Å²) < 4.78 is 32.5. The molecule has 3 rings (SSSR count). The number of carbonyl (C=O) groups is 2. The van der Waals surface area contributed by atoms with E-state index in [2.05, 4.69) is 10.1 Å². The zero-order chi connectivity index (χ0) is 20.4. The summed E-state index contributed by atoms with van der Waals surface area (Å²) in [6.07, 6.45) is 0.247. The molecule has 0 spiro atoms. The third-order valence-corrected chi connectivity index (χ3v) is 4.35. The smallest absolute Gasteiger partial charge is 0.344 e. The Balaban J connectivity index is 1.84.